The van der Waals surface area contributed by atoms with E-state index in [1.165, 1.54) is 19.4 Å². The Labute approximate surface area is 248 Å². The number of aromatic nitrogens is 1. The number of fused-ring (bicyclic) bond motifs is 1. The van der Waals surface area contributed by atoms with Crippen LogP contribution >= 0.6 is 11.6 Å². The number of methoxy groups -OCH3 is 1. The average Bonchev–Trinajstić information content (AvgIpc) is 3.82. The number of benzene rings is 2. The molecule has 0 bridgehead atoms. The van der Waals surface area contributed by atoms with Crippen molar-refractivity contribution in [1.82, 2.24) is 14.8 Å². The fraction of sp³-hybridized carbons (Fsp3) is 0.467. The van der Waals surface area contributed by atoms with Crippen molar-refractivity contribution < 1.29 is 28.5 Å². The quantitative estimate of drug-likeness (QED) is 0.319. The number of hydrogen-bond donors (Lipinski definition) is 2. The number of nitrogens with zero attached hydrogens (tertiary/aromatic N) is 3. The van der Waals surface area contributed by atoms with Crippen LogP contribution < -0.4 is 25.1 Å². The zero-order chi connectivity index (χ0) is 29.8. The molecule has 226 valence electrons. The number of pyridine rings is 1. The van der Waals surface area contributed by atoms with Gasteiger partial charge in [0, 0.05) is 50.3 Å². The monoisotopic (exact) mass is 602 g/mol. The average molecular weight is 603 g/mol. The van der Waals surface area contributed by atoms with E-state index in [1.54, 1.807) is 12.1 Å². The molecule has 0 radical (unpaired) electrons. The highest BCUT2D eigenvalue weighted by Gasteiger charge is 2.32. The van der Waals surface area contributed by atoms with Gasteiger partial charge in [-0.2, -0.15) is 0 Å². The third-order valence-electron chi connectivity index (χ3n) is 7.72. The highest BCUT2D eigenvalue weighted by Crippen LogP contribution is 2.44. The highest BCUT2D eigenvalue weighted by molar-refractivity contribution is 6.30. The van der Waals surface area contributed by atoms with E-state index in [0.29, 0.717) is 61.4 Å². The van der Waals surface area contributed by atoms with Gasteiger partial charge < -0.3 is 34.1 Å². The summed E-state index contributed by atoms with van der Waals surface area (Å²) in [4.78, 5) is 30.4. The van der Waals surface area contributed by atoms with Crippen molar-refractivity contribution in [1.29, 1.82) is 0 Å². The maximum atomic E-state index is 15.8. The Hall–Kier alpha value is -3.38. The number of aliphatic hydroxyl groups excluding tert-OH is 1. The van der Waals surface area contributed by atoms with Gasteiger partial charge in [-0.3, -0.25) is 9.69 Å². The summed E-state index contributed by atoms with van der Waals surface area (Å²) in [5.74, 6) is -0.452. The van der Waals surface area contributed by atoms with Crippen molar-refractivity contribution in [2.45, 2.75) is 32.4 Å². The molecule has 2 fully saturated rings. The minimum Gasteiger partial charge on any atom is -0.492 e. The van der Waals surface area contributed by atoms with Crippen LogP contribution in [0, 0.1) is 12.7 Å². The fourth-order valence-electron chi connectivity index (χ4n) is 5.34. The van der Waals surface area contributed by atoms with E-state index in [4.69, 9.17) is 30.9 Å². The molecule has 42 heavy (non-hydrogen) atoms. The first-order valence-electron chi connectivity index (χ1n) is 14.1. The summed E-state index contributed by atoms with van der Waals surface area (Å²) in [6.45, 7) is 6.17. The Bertz CT molecular complexity index is 1500. The largest absolute Gasteiger partial charge is 0.492 e. The van der Waals surface area contributed by atoms with Crippen molar-refractivity contribution in [3.05, 3.63) is 62.7 Å². The predicted octanol–water partition coefficient (Wildman–Crippen LogP) is 3.87. The number of aryl methyl sites for hydroxylation is 1. The van der Waals surface area contributed by atoms with Crippen molar-refractivity contribution in [2.75, 3.05) is 64.6 Å². The number of ether oxygens (including phenoxy) is 3. The predicted molar refractivity (Wildman–Crippen MR) is 159 cm³/mol. The molecule has 12 heteroatoms. The van der Waals surface area contributed by atoms with E-state index >= 15 is 4.39 Å². The van der Waals surface area contributed by atoms with Gasteiger partial charge in [0.05, 0.1) is 44.0 Å². The normalized spacial score (nSPS) is 15.7. The number of rotatable bonds is 11. The van der Waals surface area contributed by atoms with Crippen LogP contribution in [0.15, 0.2) is 35.3 Å². The summed E-state index contributed by atoms with van der Waals surface area (Å²) < 4.78 is 34.3. The van der Waals surface area contributed by atoms with Crippen LogP contribution in [0.2, 0.25) is 5.02 Å². The molecular weight excluding hydrogens is 567 g/mol. The Morgan fingerprint density at radius 3 is 2.60 bits per heavy atom. The smallest absolute Gasteiger partial charge is 0.413 e. The van der Waals surface area contributed by atoms with Gasteiger partial charge in [-0.15, -0.1) is 0 Å². The Morgan fingerprint density at radius 1 is 1.17 bits per heavy atom. The summed E-state index contributed by atoms with van der Waals surface area (Å²) in [7, 11) is 1.48. The molecule has 2 heterocycles. The second-order valence-electron chi connectivity index (χ2n) is 10.6. The van der Waals surface area contributed by atoms with Gasteiger partial charge in [-0.1, -0.05) is 17.7 Å². The fourth-order valence-corrected chi connectivity index (χ4v) is 5.56. The number of nitrogens with one attached hydrogen (secondary N) is 1. The minimum atomic E-state index is -0.785. The number of aliphatic hydroxyl groups is 1. The van der Waals surface area contributed by atoms with Crippen LogP contribution in [0.25, 0.3) is 10.9 Å². The number of halogens is 2. The van der Waals surface area contributed by atoms with Crippen LogP contribution in [0.5, 0.6) is 11.5 Å². The molecule has 1 saturated heterocycles. The topological polar surface area (TPSA) is 106 Å². The summed E-state index contributed by atoms with van der Waals surface area (Å²) in [5, 5.41) is 12.2. The molecule has 5 rings (SSSR count). The number of anilines is 1. The lowest BCUT2D eigenvalue weighted by molar-refractivity contribution is 0.0724. The summed E-state index contributed by atoms with van der Waals surface area (Å²) in [6.07, 6.45) is 2.51. The number of amides is 1. The van der Waals surface area contributed by atoms with Crippen LogP contribution in [0.4, 0.5) is 14.9 Å². The molecule has 2 aliphatic rings. The van der Waals surface area contributed by atoms with E-state index in [1.807, 2.05) is 22.5 Å². The van der Waals surface area contributed by atoms with Crippen molar-refractivity contribution in [3.8, 4) is 11.5 Å². The second-order valence-corrected chi connectivity index (χ2v) is 11.0. The molecule has 1 saturated carbocycles. The molecule has 0 unspecified atom stereocenters. The first-order chi connectivity index (χ1) is 20.3. The van der Waals surface area contributed by atoms with E-state index in [-0.39, 0.29) is 30.3 Å². The molecule has 1 aliphatic heterocycles. The molecule has 2 aromatic carbocycles. The van der Waals surface area contributed by atoms with E-state index in [9.17, 15) is 9.59 Å². The van der Waals surface area contributed by atoms with Gasteiger partial charge in [-0.25, -0.2) is 9.18 Å². The van der Waals surface area contributed by atoms with Crippen molar-refractivity contribution in [2.24, 2.45) is 0 Å². The van der Waals surface area contributed by atoms with Crippen LogP contribution in [-0.4, -0.2) is 80.3 Å². The highest BCUT2D eigenvalue weighted by atomic mass is 35.5. The lowest BCUT2D eigenvalue weighted by Crippen LogP contribution is -2.47. The summed E-state index contributed by atoms with van der Waals surface area (Å²) in [5.41, 5.74) is 2.00. The maximum Gasteiger partial charge on any atom is 0.413 e. The van der Waals surface area contributed by atoms with E-state index in [2.05, 4.69) is 10.2 Å². The van der Waals surface area contributed by atoms with E-state index < -0.39 is 17.3 Å². The third kappa shape index (κ3) is 6.64. The molecule has 0 spiro atoms. The lowest BCUT2D eigenvalue weighted by Gasteiger charge is -2.37. The summed E-state index contributed by atoms with van der Waals surface area (Å²) >= 11 is 6.02. The molecule has 10 nitrogen and oxygen atoms in total. The third-order valence-corrected chi connectivity index (χ3v) is 7.95. The minimum absolute atomic E-state index is 0.00833. The summed E-state index contributed by atoms with van der Waals surface area (Å²) in [6, 6.07) is 6.66. The van der Waals surface area contributed by atoms with Crippen LogP contribution in [-0.2, 0) is 11.3 Å². The SMILES string of the molecule is COc1c(N2CCN(CCOCCO)CC2)c(F)cc2c(=O)c(OC(=O)NCc3ccc(Cl)cc3C)cn(C3CC3)c12. The zero-order valence-corrected chi connectivity index (χ0v) is 24.6. The van der Waals surface area contributed by atoms with Crippen LogP contribution in [0.1, 0.15) is 30.0 Å². The Kier molecular flexibility index (Phi) is 9.52. The molecular formula is C30H36ClFN4O6. The van der Waals surface area contributed by atoms with Crippen molar-refractivity contribution >= 4 is 34.3 Å². The second kappa shape index (κ2) is 13.3. The molecule has 1 amide bonds. The lowest BCUT2D eigenvalue weighted by atomic mass is 10.1. The molecule has 2 N–H and O–H groups in total. The number of carbonyl (C=O) groups is 1. The number of hydrogen-bond acceptors (Lipinski definition) is 8. The number of piperazine rings is 1. The Morgan fingerprint density at radius 2 is 1.93 bits per heavy atom. The molecule has 1 aromatic heterocycles. The van der Waals surface area contributed by atoms with Gasteiger partial charge in [0.25, 0.3) is 0 Å². The molecule has 3 aromatic rings. The molecule has 0 atom stereocenters. The van der Waals surface area contributed by atoms with E-state index in [0.717, 1.165) is 30.5 Å². The first-order valence-corrected chi connectivity index (χ1v) is 14.5. The standard InChI is InChI=1S/C30H36ClFN4O6/c1-19-15-21(31)4-3-20(19)17-33-30(39)42-25-18-36(22-5-6-22)26-23(28(25)38)16-24(32)27(29(26)40-2)35-9-7-34(8-10-35)11-13-41-14-12-37/h3-4,15-16,18,22,37H,5-14,17H2,1-2H3,(H,33,39). The van der Waals surface area contributed by atoms with Gasteiger partial charge in [0.2, 0.25) is 5.43 Å². The van der Waals surface area contributed by atoms with Gasteiger partial charge in [-0.05, 0) is 49.1 Å². The Balaban J connectivity index is 1.39. The first kappa shape index (κ1) is 30.1. The van der Waals surface area contributed by atoms with Gasteiger partial charge in [0.1, 0.15) is 5.69 Å². The maximum absolute atomic E-state index is 15.8. The zero-order valence-electron chi connectivity index (χ0n) is 23.8. The van der Waals surface area contributed by atoms with Crippen molar-refractivity contribution in [3.63, 3.8) is 0 Å². The molecule has 1 aliphatic carbocycles. The van der Waals surface area contributed by atoms with Gasteiger partial charge >= 0.3 is 6.09 Å². The number of carbonyl (C=O) groups excluding carboxylic acids is 1. The van der Waals surface area contributed by atoms with Crippen LogP contribution in [0.3, 0.4) is 0 Å². The van der Waals surface area contributed by atoms with Gasteiger partial charge in [0.15, 0.2) is 17.3 Å².